The zero-order chi connectivity index (χ0) is 23.0. The number of aryl methyl sites for hydroxylation is 1. The Hall–Kier alpha value is -2.71. The van der Waals surface area contributed by atoms with Crippen molar-refractivity contribution in [1.29, 1.82) is 0 Å². The van der Waals surface area contributed by atoms with Crippen LogP contribution in [0.25, 0.3) is 17.3 Å². The summed E-state index contributed by atoms with van der Waals surface area (Å²) >= 11 is 0. The maximum atomic E-state index is 5.36. The number of allylic oxidation sites excluding steroid dienone is 1. The normalized spacial score (nSPS) is 34.3. The Morgan fingerprint density at radius 2 is 1.77 bits per heavy atom. The van der Waals surface area contributed by atoms with Crippen molar-refractivity contribution in [2.24, 2.45) is 23.2 Å². The molecule has 6 atom stereocenters. The zero-order valence-electron chi connectivity index (χ0n) is 20.4. The first-order valence-electron chi connectivity index (χ1n) is 13.8. The van der Waals surface area contributed by atoms with Crippen molar-refractivity contribution >= 4 is 6.08 Å². The molecule has 176 valence electrons. The Labute approximate surface area is 208 Å². The maximum Gasteiger partial charge on any atom is 0.0755 e. The molecule has 0 saturated heterocycles. The van der Waals surface area contributed by atoms with Crippen molar-refractivity contribution in [1.82, 2.24) is 10.3 Å². The lowest BCUT2D eigenvalue weighted by Gasteiger charge is -2.49. The van der Waals surface area contributed by atoms with Gasteiger partial charge in [-0.05, 0) is 103 Å². The lowest BCUT2D eigenvalue weighted by molar-refractivity contribution is -0.000986. The molecule has 5 aliphatic carbocycles. The van der Waals surface area contributed by atoms with Crippen LogP contribution in [0.2, 0.25) is 0 Å². The Morgan fingerprint density at radius 1 is 0.857 bits per heavy atom. The molecule has 0 aliphatic heterocycles. The summed E-state index contributed by atoms with van der Waals surface area (Å²) in [6, 6.07) is 24.6. The molecule has 8 rings (SSSR count). The van der Waals surface area contributed by atoms with E-state index in [1.165, 1.54) is 60.8 Å². The first kappa shape index (κ1) is 20.5. The number of aromatic nitrogens is 1. The molecule has 1 heterocycles. The lowest BCUT2D eigenvalue weighted by Crippen LogP contribution is -2.49. The first-order valence-corrected chi connectivity index (χ1v) is 13.8. The van der Waals surface area contributed by atoms with E-state index in [-0.39, 0.29) is 11.6 Å². The average Bonchev–Trinajstić information content (AvgIpc) is 3.22. The average molecular weight is 459 g/mol. The van der Waals surface area contributed by atoms with Crippen LogP contribution in [0.15, 0.2) is 72.8 Å². The van der Waals surface area contributed by atoms with Gasteiger partial charge in [0.05, 0.1) is 17.4 Å². The maximum absolute atomic E-state index is 5.36. The minimum Gasteiger partial charge on any atom is -0.299 e. The fraction of sp³-hybridized carbons (Fsp3) is 0.424. The summed E-state index contributed by atoms with van der Waals surface area (Å²) in [5, 5.41) is 4.31. The number of hydrogen-bond donors (Lipinski definition) is 1. The number of hydrogen-bond acceptors (Lipinski definition) is 2. The van der Waals surface area contributed by atoms with Gasteiger partial charge in [0, 0.05) is 11.1 Å². The summed E-state index contributed by atoms with van der Waals surface area (Å²) in [6.45, 7) is 0. The highest BCUT2D eigenvalue weighted by Crippen LogP contribution is 2.76. The van der Waals surface area contributed by atoms with E-state index in [1.807, 2.05) is 0 Å². The number of pyridine rings is 1. The summed E-state index contributed by atoms with van der Waals surface area (Å²) in [5.41, 5.74) is 8.63. The second-order valence-corrected chi connectivity index (χ2v) is 12.3. The van der Waals surface area contributed by atoms with Crippen molar-refractivity contribution in [2.75, 3.05) is 0 Å². The molecule has 0 amide bonds. The van der Waals surface area contributed by atoms with Crippen LogP contribution >= 0.6 is 0 Å². The molecule has 0 radical (unpaired) electrons. The summed E-state index contributed by atoms with van der Waals surface area (Å²) < 4.78 is 0. The number of benzene rings is 2. The van der Waals surface area contributed by atoms with Crippen molar-refractivity contribution in [3.63, 3.8) is 0 Å². The van der Waals surface area contributed by atoms with Gasteiger partial charge >= 0.3 is 0 Å². The van der Waals surface area contributed by atoms with Gasteiger partial charge < -0.3 is 0 Å². The molecular weight excluding hydrogens is 424 g/mol. The molecule has 2 aromatic carbocycles. The second kappa shape index (κ2) is 7.40. The molecular formula is C33H34N2. The lowest BCUT2D eigenvalue weighted by atomic mass is 9.56. The topological polar surface area (TPSA) is 24.9 Å². The number of rotatable bonds is 5. The number of nitrogens with one attached hydrogen (secondary N) is 1. The fourth-order valence-electron chi connectivity index (χ4n) is 9.26. The summed E-state index contributed by atoms with van der Waals surface area (Å²) in [5.74, 6) is 2.93. The highest BCUT2D eigenvalue weighted by atomic mass is 15.1. The minimum atomic E-state index is 0.135. The smallest absolute Gasteiger partial charge is 0.0755 e. The van der Waals surface area contributed by atoms with Crippen LogP contribution in [0.3, 0.4) is 0 Å². The van der Waals surface area contributed by atoms with Crippen molar-refractivity contribution < 1.29 is 0 Å². The quantitative estimate of drug-likeness (QED) is 0.432. The van der Waals surface area contributed by atoms with E-state index in [0.29, 0.717) is 5.41 Å². The van der Waals surface area contributed by atoms with Gasteiger partial charge in [0.1, 0.15) is 0 Å². The highest BCUT2D eigenvalue weighted by molar-refractivity contribution is 5.76. The Bertz CT molecular complexity index is 1320. The Morgan fingerprint density at radius 3 is 2.71 bits per heavy atom. The fourth-order valence-corrected chi connectivity index (χ4v) is 9.26. The first-order chi connectivity index (χ1) is 17.2. The van der Waals surface area contributed by atoms with Crippen molar-refractivity contribution in [3.05, 3.63) is 95.2 Å². The highest BCUT2D eigenvalue weighted by Gasteiger charge is 2.70. The van der Waals surface area contributed by atoms with Crippen LogP contribution in [-0.2, 0) is 6.42 Å². The molecule has 3 bridgehead atoms. The number of nitrogens with zero attached hydrogens (tertiary/aromatic N) is 1. The van der Waals surface area contributed by atoms with E-state index in [0.717, 1.165) is 42.0 Å². The summed E-state index contributed by atoms with van der Waals surface area (Å²) in [6.07, 6.45) is 15.5. The third-order valence-electron chi connectivity index (χ3n) is 10.5. The van der Waals surface area contributed by atoms with E-state index in [1.54, 1.807) is 0 Å². The van der Waals surface area contributed by atoms with Gasteiger partial charge in [-0.25, -0.2) is 0 Å². The van der Waals surface area contributed by atoms with Crippen LogP contribution in [0.4, 0.5) is 0 Å². The predicted molar refractivity (Wildman–Crippen MR) is 142 cm³/mol. The van der Waals surface area contributed by atoms with Crippen molar-refractivity contribution in [3.8, 4) is 11.3 Å². The van der Waals surface area contributed by atoms with E-state index >= 15 is 0 Å². The summed E-state index contributed by atoms with van der Waals surface area (Å²) in [7, 11) is 0. The van der Waals surface area contributed by atoms with Crippen LogP contribution in [0.1, 0.15) is 73.4 Å². The standard InChI is InChI=1S/C33H34N2/c1-2-9-24(10-3-1)31(35-32-18-22-16-25-17-26(20-32)33(25,19-22)21-32)30-15-7-14-29(34-30)28-13-6-11-23-8-4-5-12-27(23)28/h1-3,5-7,9-15,22,25-26,31,35H,4,8,16-21H2. The van der Waals surface area contributed by atoms with E-state index < -0.39 is 0 Å². The van der Waals surface area contributed by atoms with Gasteiger partial charge in [-0.15, -0.1) is 0 Å². The third-order valence-corrected chi connectivity index (χ3v) is 10.5. The predicted octanol–water partition coefficient (Wildman–Crippen LogP) is 7.36. The van der Waals surface area contributed by atoms with Gasteiger partial charge in [0.2, 0.25) is 0 Å². The molecule has 4 fully saturated rings. The van der Waals surface area contributed by atoms with Gasteiger partial charge in [0.15, 0.2) is 0 Å². The molecule has 4 saturated carbocycles. The molecule has 5 aliphatic rings. The van der Waals surface area contributed by atoms with Crippen LogP contribution in [0.5, 0.6) is 0 Å². The number of fused-ring (bicyclic) bond motifs is 3. The zero-order valence-corrected chi connectivity index (χ0v) is 20.4. The van der Waals surface area contributed by atoms with E-state index in [4.69, 9.17) is 4.98 Å². The van der Waals surface area contributed by atoms with Crippen LogP contribution < -0.4 is 5.32 Å². The van der Waals surface area contributed by atoms with Crippen LogP contribution in [0, 0.1) is 23.2 Å². The van der Waals surface area contributed by atoms with Crippen LogP contribution in [-0.4, -0.2) is 10.5 Å². The largest absolute Gasteiger partial charge is 0.299 e. The minimum absolute atomic E-state index is 0.135. The molecule has 6 unspecified atom stereocenters. The molecule has 2 heteroatoms. The van der Waals surface area contributed by atoms with E-state index in [2.05, 4.69) is 84.2 Å². The SMILES string of the molecule is C1=Cc2c(cccc2-c2cccc(C(NC34CC5CC6CC(C3)C6(C5)C4)c3ccccc3)n2)CC1. The van der Waals surface area contributed by atoms with Gasteiger partial charge in [-0.1, -0.05) is 66.7 Å². The molecule has 3 aromatic rings. The molecule has 1 N–H and O–H groups in total. The third kappa shape index (κ3) is 3.02. The molecule has 1 aromatic heterocycles. The van der Waals surface area contributed by atoms with Gasteiger partial charge in [-0.3, -0.25) is 10.3 Å². The van der Waals surface area contributed by atoms with E-state index in [9.17, 15) is 0 Å². The van der Waals surface area contributed by atoms with Gasteiger partial charge in [0.25, 0.3) is 0 Å². The Balaban J connectivity index is 1.20. The monoisotopic (exact) mass is 458 g/mol. The molecule has 35 heavy (non-hydrogen) atoms. The molecule has 1 spiro atoms. The molecule has 2 nitrogen and oxygen atoms in total. The summed E-state index contributed by atoms with van der Waals surface area (Å²) in [4.78, 5) is 5.36. The van der Waals surface area contributed by atoms with Crippen molar-refractivity contribution in [2.45, 2.75) is 62.9 Å². The van der Waals surface area contributed by atoms with Gasteiger partial charge in [-0.2, -0.15) is 0 Å². The second-order valence-electron chi connectivity index (χ2n) is 12.3. The Kier molecular flexibility index (Phi) is 4.33.